The molecule has 0 bridgehead atoms. The minimum atomic E-state index is 0.156. The maximum atomic E-state index is 6.00. The van der Waals surface area contributed by atoms with E-state index in [9.17, 15) is 0 Å². The number of benzene rings is 1. The molecule has 0 aliphatic carbocycles. The van der Waals surface area contributed by atoms with E-state index in [4.69, 9.17) is 11.6 Å². The van der Waals surface area contributed by atoms with Gasteiger partial charge in [0.05, 0.1) is 0 Å². The number of anilines is 1. The Balaban J connectivity index is 2.10. The van der Waals surface area contributed by atoms with Crippen LogP contribution in [0.1, 0.15) is 37.6 Å². The largest absolute Gasteiger partial charge is 0.363 e. The van der Waals surface area contributed by atoms with Crippen molar-refractivity contribution in [1.29, 1.82) is 0 Å². The average molecular weight is 276 g/mol. The van der Waals surface area contributed by atoms with Gasteiger partial charge in [-0.05, 0) is 31.0 Å². The van der Waals surface area contributed by atoms with Gasteiger partial charge in [0.15, 0.2) is 0 Å². The number of rotatable bonds is 5. The van der Waals surface area contributed by atoms with Crippen LogP contribution in [0.4, 0.5) is 5.82 Å². The summed E-state index contributed by atoms with van der Waals surface area (Å²) in [5, 5.41) is 4.12. The van der Waals surface area contributed by atoms with Crippen molar-refractivity contribution in [1.82, 2.24) is 9.97 Å². The minimum Gasteiger partial charge on any atom is -0.363 e. The first-order valence-electron chi connectivity index (χ1n) is 6.52. The summed E-state index contributed by atoms with van der Waals surface area (Å²) in [4.78, 5) is 8.51. The molecule has 4 heteroatoms. The summed E-state index contributed by atoms with van der Waals surface area (Å²) in [6.45, 7) is 4.23. The lowest BCUT2D eigenvalue weighted by Gasteiger charge is -2.15. The molecule has 0 saturated carbocycles. The van der Waals surface area contributed by atoms with E-state index in [0.29, 0.717) is 0 Å². The number of aromatic nitrogens is 2. The summed E-state index contributed by atoms with van der Waals surface area (Å²) in [7, 11) is 0. The molecule has 3 nitrogen and oxygen atoms in total. The second-order valence-electron chi connectivity index (χ2n) is 4.57. The van der Waals surface area contributed by atoms with Crippen LogP contribution in [-0.2, 0) is 6.42 Å². The summed E-state index contributed by atoms with van der Waals surface area (Å²) < 4.78 is 0. The van der Waals surface area contributed by atoms with Gasteiger partial charge in [0.1, 0.15) is 12.1 Å². The van der Waals surface area contributed by atoms with Crippen molar-refractivity contribution in [3.63, 3.8) is 0 Å². The fraction of sp³-hybridized carbons (Fsp3) is 0.333. The molecule has 2 rings (SSSR count). The highest BCUT2D eigenvalue weighted by atomic mass is 35.5. The second kappa shape index (κ2) is 6.53. The number of nitrogens with one attached hydrogen (secondary N) is 1. The van der Waals surface area contributed by atoms with E-state index in [1.165, 1.54) is 0 Å². The monoisotopic (exact) mass is 275 g/mol. The van der Waals surface area contributed by atoms with Gasteiger partial charge in [0.2, 0.25) is 0 Å². The molecule has 1 N–H and O–H groups in total. The Labute approximate surface area is 119 Å². The van der Waals surface area contributed by atoms with Crippen molar-refractivity contribution in [2.75, 3.05) is 5.32 Å². The summed E-state index contributed by atoms with van der Waals surface area (Å²) >= 11 is 6.00. The van der Waals surface area contributed by atoms with Gasteiger partial charge in [-0.25, -0.2) is 9.97 Å². The fourth-order valence-electron chi connectivity index (χ4n) is 1.95. The van der Waals surface area contributed by atoms with E-state index >= 15 is 0 Å². The van der Waals surface area contributed by atoms with Crippen LogP contribution in [0.3, 0.4) is 0 Å². The van der Waals surface area contributed by atoms with Crippen molar-refractivity contribution in [3.8, 4) is 0 Å². The van der Waals surface area contributed by atoms with Gasteiger partial charge in [0, 0.05) is 22.8 Å². The van der Waals surface area contributed by atoms with E-state index in [0.717, 1.165) is 34.9 Å². The van der Waals surface area contributed by atoms with Crippen molar-refractivity contribution >= 4 is 17.4 Å². The van der Waals surface area contributed by atoms with E-state index in [1.807, 2.05) is 24.3 Å². The third-order valence-corrected chi connectivity index (χ3v) is 3.18. The zero-order chi connectivity index (χ0) is 13.7. The Bertz CT molecular complexity index is 542. The van der Waals surface area contributed by atoms with Gasteiger partial charge < -0.3 is 5.32 Å². The van der Waals surface area contributed by atoms with Crippen LogP contribution in [0.25, 0.3) is 0 Å². The van der Waals surface area contributed by atoms with Gasteiger partial charge >= 0.3 is 0 Å². The molecule has 1 aromatic carbocycles. The number of aryl methyl sites for hydroxylation is 1. The summed E-state index contributed by atoms with van der Waals surface area (Å²) in [6.07, 6.45) is 3.67. The van der Waals surface area contributed by atoms with Crippen LogP contribution in [-0.4, -0.2) is 9.97 Å². The third kappa shape index (κ3) is 3.93. The molecule has 2 aromatic rings. The van der Waals surface area contributed by atoms with Crippen LogP contribution in [0.2, 0.25) is 5.02 Å². The molecule has 0 radical (unpaired) electrons. The Morgan fingerprint density at radius 1 is 1.26 bits per heavy atom. The van der Waals surface area contributed by atoms with Gasteiger partial charge in [0.25, 0.3) is 0 Å². The second-order valence-corrected chi connectivity index (χ2v) is 5.00. The van der Waals surface area contributed by atoms with Crippen molar-refractivity contribution in [2.24, 2.45) is 0 Å². The maximum absolute atomic E-state index is 6.00. The van der Waals surface area contributed by atoms with Gasteiger partial charge in [-0.15, -0.1) is 0 Å². The minimum absolute atomic E-state index is 0.156. The smallest absolute Gasteiger partial charge is 0.130 e. The van der Waals surface area contributed by atoms with Crippen molar-refractivity contribution in [2.45, 2.75) is 32.7 Å². The quantitative estimate of drug-likeness (QED) is 0.886. The molecular formula is C15H18ClN3. The summed E-state index contributed by atoms with van der Waals surface area (Å²) in [5.74, 6) is 0.853. The normalized spacial score (nSPS) is 12.2. The molecule has 0 saturated heterocycles. The van der Waals surface area contributed by atoms with Gasteiger partial charge in [-0.1, -0.05) is 37.1 Å². The highest BCUT2D eigenvalue weighted by molar-refractivity contribution is 6.30. The van der Waals surface area contributed by atoms with Crippen molar-refractivity contribution < 1.29 is 0 Å². The van der Waals surface area contributed by atoms with Crippen LogP contribution in [0.5, 0.6) is 0 Å². The van der Waals surface area contributed by atoms with Crippen LogP contribution >= 0.6 is 11.6 Å². The van der Waals surface area contributed by atoms with Crippen LogP contribution in [0.15, 0.2) is 36.7 Å². The highest BCUT2D eigenvalue weighted by Crippen LogP contribution is 2.21. The molecule has 0 fully saturated rings. The lowest BCUT2D eigenvalue weighted by molar-refractivity contribution is 0.849. The Hall–Kier alpha value is -1.61. The van der Waals surface area contributed by atoms with Crippen LogP contribution in [0, 0.1) is 0 Å². The Morgan fingerprint density at radius 3 is 2.84 bits per heavy atom. The van der Waals surface area contributed by atoms with E-state index in [1.54, 1.807) is 6.33 Å². The molecule has 0 aliphatic rings. The molecule has 1 atom stereocenters. The molecule has 1 aromatic heterocycles. The average Bonchev–Trinajstić information content (AvgIpc) is 2.39. The van der Waals surface area contributed by atoms with Gasteiger partial charge in [-0.2, -0.15) is 0 Å². The van der Waals surface area contributed by atoms with E-state index < -0.39 is 0 Å². The van der Waals surface area contributed by atoms with E-state index in [2.05, 4.69) is 35.2 Å². The molecule has 0 amide bonds. The number of hydrogen-bond donors (Lipinski definition) is 1. The van der Waals surface area contributed by atoms with Gasteiger partial charge in [-0.3, -0.25) is 0 Å². The predicted octanol–water partition coefficient (Wildman–Crippen LogP) is 4.26. The van der Waals surface area contributed by atoms with Crippen molar-refractivity contribution in [3.05, 3.63) is 52.9 Å². The number of nitrogens with zero attached hydrogens (tertiary/aromatic N) is 2. The number of halogens is 1. The molecular weight excluding hydrogens is 258 g/mol. The van der Waals surface area contributed by atoms with Crippen LogP contribution < -0.4 is 5.32 Å². The first-order valence-corrected chi connectivity index (χ1v) is 6.89. The molecule has 0 aliphatic heterocycles. The molecule has 1 unspecified atom stereocenters. The molecule has 19 heavy (non-hydrogen) atoms. The Kier molecular flexibility index (Phi) is 4.74. The summed E-state index contributed by atoms with van der Waals surface area (Å²) in [6, 6.07) is 10.0. The summed E-state index contributed by atoms with van der Waals surface area (Å²) in [5.41, 5.74) is 2.21. The molecule has 100 valence electrons. The molecule has 0 spiro atoms. The van der Waals surface area contributed by atoms with E-state index in [-0.39, 0.29) is 6.04 Å². The standard InChI is InChI=1S/C15H18ClN3/c1-3-5-14-9-15(18-10-17-14)19-11(2)12-6-4-7-13(16)8-12/h4,6-11H,3,5H2,1-2H3,(H,17,18,19). The lowest BCUT2D eigenvalue weighted by Crippen LogP contribution is -2.08. The fourth-order valence-corrected chi connectivity index (χ4v) is 2.15. The number of hydrogen-bond acceptors (Lipinski definition) is 3. The maximum Gasteiger partial charge on any atom is 0.130 e. The lowest BCUT2D eigenvalue weighted by atomic mass is 10.1. The molecule has 1 heterocycles. The highest BCUT2D eigenvalue weighted by Gasteiger charge is 2.07. The zero-order valence-corrected chi connectivity index (χ0v) is 12.0. The Morgan fingerprint density at radius 2 is 2.11 bits per heavy atom. The zero-order valence-electron chi connectivity index (χ0n) is 11.2. The third-order valence-electron chi connectivity index (χ3n) is 2.94. The predicted molar refractivity (Wildman–Crippen MR) is 79.5 cm³/mol. The first kappa shape index (κ1) is 13.8. The first-order chi connectivity index (χ1) is 9.19. The topological polar surface area (TPSA) is 37.8 Å². The SMILES string of the molecule is CCCc1cc(NC(C)c2cccc(Cl)c2)ncn1.